The molecule has 4 nitrogen and oxygen atoms in total. The fourth-order valence-electron chi connectivity index (χ4n) is 2.78. The van der Waals surface area contributed by atoms with Crippen LogP contribution in [0.25, 0.3) is 0 Å². The maximum atomic E-state index is 13.6. The van der Waals surface area contributed by atoms with E-state index < -0.39 is 17.5 Å². The number of hydrogen-bond acceptors (Lipinski definition) is 3. The normalized spacial score (nSPS) is 15.4. The van der Waals surface area contributed by atoms with Gasteiger partial charge < -0.3 is 10.2 Å². The number of carbonyl (C=O) groups excluding carboxylic acids is 1. The van der Waals surface area contributed by atoms with Crippen LogP contribution in [0.5, 0.6) is 0 Å². The standard InChI is InChI=1S/C18H19F2N3O/c1-12-5-8-23(9-6-12)14-4-7-21-17(11-14)18(24)22-16-3-2-13(19)10-15(16)20/h2-4,7,10-12H,5-6,8-9H2,1H3,(H,22,24). The van der Waals surface area contributed by atoms with E-state index >= 15 is 0 Å². The molecule has 2 heterocycles. The van der Waals surface area contributed by atoms with Crippen molar-refractivity contribution in [2.45, 2.75) is 19.8 Å². The first kappa shape index (κ1) is 16.4. The van der Waals surface area contributed by atoms with E-state index in [9.17, 15) is 13.6 Å². The van der Waals surface area contributed by atoms with Gasteiger partial charge in [0.05, 0.1) is 5.69 Å². The van der Waals surface area contributed by atoms with Crippen LogP contribution >= 0.6 is 0 Å². The SMILES string of the molecule is CC1CCN(c2ccnc(C(=O)Nc3ccc(F)cc3F)c2)CC1. The van der Waals surface area contributed by atoms with Gasteiger partial charge in [0.1, 0.15) is 17.3 Å². The number of rotatable bonds is 3. The molecule has 3 rings (SSSR count). The van der Waals surface area contributed by atoms with Gasteiger partial charge in [0.15, 0.2) is 0 Å². The van der Waals surface area contributed by atoms with Crippen LogP contribution < -0.4 is 10.2 Å². The minimum absolute atomic E-state index is 0.0691. The molecule has 0 radical (unpaired) electrons. The number of aromatic nitrogens is 1. The molecule has 2 aromatic rings. The number of nitrogens with zero attached hydrogens (tertiary/aromatic N) is 2. The molecule has 1 amide bonds. The van der Waals surface area contributed by atoms with Gasteiger partial charge in [0, 0.05) is 31.0 Å². The summed E-state index contributed by atoms with van der Waals surface area (Å²) in [7, 11) is 0. The Labute approximate surface area is 139 Å². The molecule has 0 unspecified atom stereocenters. The summed E-state index contributed by atoms with van der Waals surface area (Å²) in [4.78, 5) is 18.6. The third-order valence-electron chi connectivity index (χ3n) is 4.30. The van der Waals surface area contributed by atoms with E-state index in [1.54, 1.807) is 12.3 Å². The van der Waals surface area contributed by atoms with E-state index in [-0.39, 0.29) is 11.4 Å². The van der Waals surface area contributed by atoms with Gasteiger partial charge in [0.2, 0.25) is 0 Å². The van der Waals surface area contributed by atoms with Crippen molar-refractivity contribution in [1.29, 1.82) is 0 Å². The Morgan fingerprint density at radius 2 is 1.96 bits per heavy atom. The number of piperidine rings is 1. The average Bonchev–Trinajstić information content (AvgIpc) is 2.58. The smallest absolute Gasteiger partial charge is 0.274 e. The highest BCUT2D eigenvalue weighted by Crippen LogP contribution is 2.23. The van der Waals surface area contributed by atoms with Crippen LogP contribution in [0.2, 0.25) is 0 Å². The molecule has 0 aliphatic carbocycles. The molecular formula is C18H19F2N3O. The fraction of sp³-hybridized carbons (Fsp3) is 0.333. The highest BCUT2D eigenvalue weighted by atomic mass is 19.1. The minimum atomic E-state index is -0.815. The van der Waals surface area contributed by atoms with Crippen LogP contribution in [0.4, 0.5) is 20.2 Å². The second kappa shape index (κ2) is 6.95. The number of halogens is 2. The Hall–Kier alpha value is -2.50. The number of pyridine rings is 1. The summed E-state index contributed by atoms with van der Waals surface area (Å²) in [5.74, 6) is -1.31. The number of anilines is 2. The average molecular weight is 331 g/mol. The summed E-state index contributed by atoms with van der Waals surface area (Å²) < 4.78 is 26.6. The van der Waals surface area contributed by atoms with Crippen LogP contribution in [0.1, 0.15) is 30.3 Å². The zero-order valence-corrected chi connectivity index (χ0v) is 13.4. The first-order valence-electron chi connectivity index (χ1n) is 8.00. The molecule has 0 spiro atoms. The van der Waals surface area contributed by atoms with Crippen LogP contribution in [0, 0.1) is 17.6 Å². The fourth-order valence-corrected chi connectivity index (χ4v) is 2.78. The molecule has 0 saturated carbocycles. The second-order valence-corrected chi connectivity index (χ2v) is 6.15. The number of nitrogens with one attached hydrogen (secondary N) is 1. The van der Waals surface area contributed by atoms with E-state index in [1.807, 2.05) is 6.07 Å². The van der Waals surface area contributed by atoms with Gasteiger partial charge in [-0.25, -0.2) is 8.78 Å². The summed E-state index contributed by atoms with van der Waals surface area (Å²) in [6, 6.07) is 6.59. The van der Waals surface area contributed by atoms with Gasteiger partial charge in [-0.05, 0) is 43.0 Å². The predicted molar refractivity (Wildman–Crippen MR) is 89.2 cm³/mol. The van der Waals surface area contributed by atoms with Gasteiger partial charge in [0.25, 0.3) is 5.91 Å². The Morgan fingerprint density at radius 3 is 2.67 bits per heavy atom. The van der Waals surface area contributed by atoms with Gasteiger partial charge in [-0.2, -0.15) is 0 Å². The zero-order chi connectivity index (χ0) is 17.1. The van der Waals surface area contributed by atoms with E-state index in [4.69, 9.17) is 0 Å². The lowest BCUT2D eigenvalue weighted by Crippen LogP contribution is -2.33. The molecule has 0 atom stereocenters. The lowest BCUT2D eigenvalue weighted by atomic mass is 9.99. The van der Waals surface area contributed by atoms with E-state index in [0.717, 1.165) is 43.8 Å². The summed E-state index contributed by atoms with van der Waals surface area (Å²) in [6.07, 6.45) is 3.80. The van der Waals surface area contributed by atoms with E-state index in [0.29, 0.717) is 5.92 Å². The van der Waals surface area contributed by atoms with Crippen molar-refractivity contribution in [1.82, 2.24) is 4.98 Å². The van der Waals surface area contributed by atoms with Crippen molar-refractivity contribution in [3.05, 3.63) is 53.9 Å². The highest BCUT2D eigenvalue weighted by Gasteiger charge is 2.18. The number of hydrogen-bond donors (Lipinski definition) is 1. The molecule has 1 N–H and O–H groups in total. The number of benzene rings is 1. The molecule has 1 aromatic carbocycles. The van der Waals surface area contributed by atoms with Crippen molar-refractivity contribution >= 4 is 17.3 Å². The van der Waals surface area contributed by atoms with Gasteiger partial charge in [-0.1, -0.05) is 6.92 Å². The largest absolute Gasteiger partial charge is 0.371 e. The van der Waals surface area contributed by atoms with Crippen molar-refractivity contribution in [2.75, 3.05) is 23.3 Å². The van der Waals surface area contributed by atoms with Crippen LogP contribution in [-0.4, -0.2) is 24.0 Å². The third kappa shape index (κ3) is 3.69. The maximum Gasteiger partial charge on any atom is 0.274 e. The highest BCUT2D eigenvalue weighted by molar-refractivity contribution is 6.03. The molecule has 6 heteroatoms. The second-order valence-electron chi connectivity index (χ2n) is 6.15. The van der Waals surface area contributed by atoms with Gasteiger partial charge in [-0.3, -0.25) is 9.78 Å². The maximum absolute atomic E-state index is 13.6. The molecule has 126 valence electrons. The van der Waals surface area contributed by atoms with E-state index in [2.05, 4.69) is 22.1 Å². The third-order valence-corrected chi connectivity index (χ3v) is 4.30. The molecule has 1 aliphatic heterocycles. The van der Waals surface area contributed by atoms with Crippen molar-refractivity contribution in [2.24, 2.45) is 5.92 Å². The van der Waals surface area contributed by atoms with Crippen molar-refractivity contribution < 1.29 is 13.6 Å². The van der Waals surface area contributed by atoms with Gasteiger partial charge >= 0.3 is 0 Å². The quantitative estimate of drug-likeness (QED) is 0.929. The summed E-state index contributed by atoms with van der Waals surface area (Å²) in [5.41, 5.74) is 1.07. The number of carbonyl (C=O) groups is 1. The first-order chi connectivity index (χ1) is 11.5. The lowest BCUT2D eigenvalue weighted by Gasteiger charge is -2.32. The monoisotopic (exact) mass is 331 g/mol. The van der Waals surface area contributed by atoms with Crippen molar-refractivity contribution in [3.63, 3.8) is 0 Å². The molecule has 1 saturated heterocycles. The Bertz CT molecular complexity index is 743. The Kier molecular flexibility index (Phi) is 4.74. The molecule has 1 fully saturated rings. The molecule has 24 heavy (non-hydrogen) atoms. The molecular weight excluding hydrogens is 312 g/mol. The zero-order valence-electron chi connectivity index (χ0n) is 13.4. The van der Waals surface area contributed by atoms with Crippen LogP contribution in [0.15, 0.2) is 36.5 Å². The Balaban J connectivity index is 1.74. The van der Waals surface area contributed by atoms with Gasteiger partial charge in [-0.15, -0.1) is 0 Å². The summed E-state index contributed by atoms with van der Waals surface area (Å²) >= 11 is 0. The first-order valence-corrected chi connectivity index (χ1v) is 8.00. The van der Waals surface area contributed by atoms with Crippen molar-refractivity contribution in [3.8, 4) is 0 Å². The minimum Gasteiger partial charge on any atom is -0.371 e. The van der Waals surface area contributed by atoms with Crippen LogP contribution in [0.3, 0.4) is 0 Å². The molecule has 0 bridgehead atoms. The Morgan fingerprint density at radius 1 is 1.21 bits per heavy atom. The summed E-state index contributed by atoms with van der Waals surface area (Å²) in [5, 5.41) is 2.43. The molecule has 1 aliphatic rings. The summed E-state index contributed by atoms with van der Waals surface area (Å²) in [6.45, 7) is 4.12. The predicted octanol–water partition coefficient (Wildman–Crippen LogP) is 3.85. The molecule has 1 aromatic heterocycles. The lowest BCUT2D eigenvalue weighted by molar-refractivity contribution is 0.102. The number of amides is 1. The van der Waals surface area contributed by atoms with Crippen LogP contribution in [-0.2, 0) is 0 Å². The van der Waals surface area contributed by atoms with E-state index in [1.165, 1.54) is 6.07 Å². The topological polar surface area (TPSA) is 45.2 Å².